The number of nitrogens with one attached hydrogen (secondary N) is 1. The molecule has 0 spiro atoms. The van der Waals surface area contributed by atoms with Gasteiger partial charge in [0.2, 0.25) is 5.89 Å². The zero-order chi connectivity index (χ0) is 11.7. The van der Waals surface area contributed by atoms with Crippen LogP contribution in [0.1, 0.15) is 24.8 Å². The van der Waals surface area contributed by atoms with Crippen molar-refractivity contribution >= 4 is 0 Å². The fraction of sp³-hybridized carbons (Fsp3) is 0.308. The molecule has 1 N–H and O–H groups in total. The van der Waals surface area contributed by atoms with E-state index in [-0.39, 0.29) is 11.9 Å². The van der Waals surface area contributed by atoms with E-state index < -0.39 is 0 Å². The predicted octanol–water partition coefficient (Wildman–Crippen LogP) is 2.91. The molecule has 1 saturated heterocycles. The predicted molar refractivity (Wildman–Crippen MR) is 61.9 cm³/mol. The zero-order valence-electron chi connectivity index (χ0n) is 9.32. The molecule has 0 saturated carbocycles. The van der Waals surface area contributed by atoms with Gasteiger partial charge in [-0.25, -0.2) is 9.37 Å². The Morgan fingerprint density at radius 2 is 2.35 bits per heavy atom. The summed E-state index contributed by atoms with van der Waals surface area (Å²) < 4.78 is 18.5. The fourth-order valence-corrected chi connectivity index (χ4v) is 2.12. The van der Waals surface area contributed by atoms with E-state index in [1.165, 1.54) is 12.1 Å². The molecule has 0 aliphatic carbocycles. The Morgan fingerprint density at radius 1 is 1.41 bits per heavy atom. The van der Waals surface area contributed by atoms with E-state index in [0.717, 1.165) is 24.9 Å². The van der Waals surface area contributed by atoms with Crippen LogP contribution in [0.2, 0.25) is 0 Å². The van der Waals surface area contributed by atoms with Gasteiger partial charge in [0.05, 0.1) is 6.04 Å². The third-order valence-corrected chi connectivity index (χ3v) is 3.00. The maximum Gasteiger partial charge on any atom is 0.211 e. The first-order valence-corrected chi connectivity index (χ1v) is 5.78. The largest absolute Gasteiger partial charge is 0.447 e. The van der Waals surface area contributed by atoms with Crippen LogP contribution in [0.5, 0.6) is 0 Å². The van der Waals surface area contributed by atoms with Crippen LogP contribution in [-0.2, 0) is 0 Å². The molecule has 3 rings (SSSR count). The van der Waals surface area contributed by atoms with Crippen molar-refractivity contribution in [1.29, 1.82) is 0 Å². The second-order valence-corrected chi connectivity index (χ2v) is 4.23. The summed E-state index contributed by atoms with van der Waals surface area (Å²) in [6.07, 6.45) is 3.77. The normalized spacial score (nSPS) is 19.7. The molecule has 1 unspecified atom stereocenters. The average Bonchev–Trinajstić information content (AvgIpc) is 3.00. The van der Waals surface area contributed by atoms with E-state index in [0.29, 0.717) is 11.6 Å². The minimum atomic E-state index is -0.258. The molecular weight excluding hydrogens is 219 g/mol. The molecule has 0 bridgehead atoms. The number of hydrogen-bond donors (Lipinski definition) is 1. The summed E-state index contributed by atoms with van der Waals surface area (Å²) in [5, 5.41) is 3.32. The third kappa shape index (κ3) is 2.08. The first-order chi connectivity index (χ1) is 8.33. The molecular formula is C13H13FN2O. The summed E-state index contributed by atoms with van der Waals surface area (Å²) in [4.78, 5) is 4.41. The van der Waals surface area contributed by atoms with Crippen LogP contribution in [0.15, 0.2) is 34.9 Å². The van der Waals surface area contributed by atoms with Gasteiger partial charge < -0.3 is 9.73 Å². The van der Waals surface area contributed by atoms with Crippen molar-refractivity contribution in [3.05, 3.63) is 42.2 Å². The Bertz CT molecular complexity index is 518. The van der Waals surface area contributed by atoms with Gasteiger partial charge in [0, 0.05) is 5.56 Å². The Kier molecular flexibility index (Phi) is 2.65. The fourth-order valence-electron chi connectivity index (χ4n) is 2.12. The molecule has 1 aliphatic heterocycles. The van der Waals surface area contributed by atoms with Crippen molar-refractivity contribution in [2.45, 2.75) is 18.9 Å². The van der Waals surface area contributed by atoms with Gasteiger partial charge >= 0.3 is 0 Å². The van der Waals surface area contributed by atoms with Crippen molar-refractivity contribution in [3.8, 4) is 11.3 Å². The molecule has 3 nitrogen and oxygen atoms in total. The summed E-state index contributed by atoms with van der Waals surface area (Å²) in [6.45, 7) is 1.00. The summed E-state index contributed by atoms with van der Waals surface area (Å²) in [6, 6.07) is 6.59. The van der Waals surface area contributed by atoms with E-state index in [1.807, 2.05) is 6.07 Å². The first kappa shape index (κ1) is 10.5. The summed E-state index contributed by atoms with van der Waals surface area (Å²) in [5.74, 6) is 0.438. The van der Waals surface area contributed by atoms with Crippen molar-refractivity contribution < 1.29 is 8.81 Å². The Morgan fingerprint density at radius 3 is 3.12 bits per heavy atom. The lowest BCUT2D eigenvalue weighted by molar-refractivity contribution is 0.429. The van der Waals surface area contributed by atoms with E-state index >= 15 is 0 Å². The van der Waals surface area contributed by atoms with Gasteiger partial charge in [-0.3, -0.25) is 0 Å². The van der Waals surface area contributed by atoms with E-state index in [2.05, 4.69) is 10.3 Å². The van der Waals surface area contributed by atoms with Crippen LogP contribution in [0.4, 0.5) is 4.39 Å². The van der Waals surface area contributed by atoms with Crippen LogP contribution < -0.4 is 5.32 Å². The van der Waals surface area contributed by atoms with E-state index in [1.54, 1.807) is 12.3 Å². The maximum absolute atomic E-state index is 13.1. The SMILES string of the molecule is Fc1cccc(-c2coc(C3CCCN3)n2)c1. The van der Waals surface area contributed by atoms with Gasteiger partial charge in [-0.2, -0.15) is 0 Å². The summed E-state index contributed by atoms with van der Waals surface area (Å²) in [5.41, 5.74) is 1.44. The van der Waals surface area contributed by atoms with E-state index in [4.69, 9.17) is 4.42 Å². The van der Waals surface area contributed by atoms with Crippen molar-refractivity contribution in [3.63, 3.8) is 0 Å². The number of hydrogen-bond acceptors (Lipinski definition) is 3. The van der Waals surface area contributed by atoms with E-state index in [9.17, 15) is 4.39 Å². The lowest BCUT2D eigenvalue weighted by atomic mass is 10.2. The molecule has 2 aromatic rings. The molecule has 1 aromatic heterocycles. The topological polar surface area (TPSA) is 38.1 Å². The minimum absolute atomic E-state index is 0.206. The number of nitrogens with zero attached hydrogens (tertiary/aromatic N) is 1. The number of aromatic nitrogens is 1. The van der Waals surface area contributed by atoms with Crippen LogP contribution in [0, 0.1) is 5.82 Å². The lowest BCUT2D eigenvalue weighted by Gasteiger charge is -2.02. The maximum atomic E-state index is 13.1. The molecule has 1 aliphatic rings. The van der Waals surface area contributed by atoms with Crippen molar-refractivity contribution in [2.24, 2.45) is 0 Å². The van der Waals surface area contributed by atoms with Gasteiger partial charge in [-0.1, -0.05) is 12.1 Å². The van der Waals surface area contributed by atoms with Gasteiger partial charge in [0.15, 0.2) is 0 Å². The highest BCUT2D eigenvalue weighted by atomic mass is 19.1. The number of halogens is 1. The molecule has 4 heteroatoms. The van der Waals surface area contributed by atoms with Gasteiger partial charge in [0.1, 0.15) is 17.8 Å². The number of benzene rings is 1. The van der Waals surface area contributed by atoms with Crippen LogP contribution in [0.3, 0.4) is 0 Å². The summed E-state index contributed by atoms with van der Waals surface area (Å²) >= 11 is 0. The molecule has 2 heterocycles. The Balaban J connectivity index is 1.89. The molecule has 1 atom stereocenters. The summed E-state index contributed by atoms with van der Waals surface area (Å²) in [7, 11) is 0. The monoisotopic (exact) mass is 232 g/mol. The average molecular weight is 232 g/mol. The quantitative estimate of drug-likeness (QED) is 0.865. The van der Waals surface area contributed by atoms with Gasteiger partial charge in [0.25, 0.3) is 0 Å². The zero-order valence-corrected chi connectivity index (χ0v) is 9.32. The molecule has 17 heavy (non-hydrogen) atoms. The number of rotatable bonds is 2. The van der Waals surface area contributed by atoms with Crippen LogP contribution >= 0.6 is 0 Å². The third-order valence-electron chi connectivity index (χ3n) is 3.00. The van der Waals surface area contributed by atoms with Crippen LogP contribution in [0.25, 0.3) is 11.3 Å². The first-order valence-electron chi connectivity index (χ1n) is 5.78. The van der Waals surface area contributed by atoms with Crippen LogP contribution in [-0.4, -0.2) is 11.5 Å². The van der Waals surface area contributed by atoms with Crippen molar-refractivity contribution in [1.82, 2.24) is 10.3 Å². The standard InChI is InChI=1S/C13H13FN2O/c14-10-4-1-3-9(7-10)12-8-17-13(16-12)11-5-2-6-15-11/h1,3-4,7-8,11,15H,2,5-6H2. The van der Waals surface area contributed by atoms with Crippen molar-refractivity contribution in [2.75, 3.05) is 6.54 Å². The Hall–Kier alpha value is -1.68. The second-order valence-electron chi connectivity index (χ2n) is 4.23. The molecule has 0 amide bonds. The Labute approximate surface area is 98.7 Å². The highest BCUT2D eigenvalue weighted by Gasteiger charge is 2.21. The number of oxazole rings is 1. The second kappa shape index (κ2) is 4.30. The highest BCUT2D eigenvalue weighted by molar-refractivity contribution is 5.57. The van der Waals surface area contributed by atoms with Gasteiger partial charge in [-0.05, 0) is 31.5 Å². The molecule has 1 fully saturated rings. The van der Waals surface area contributed by atoms with Gasteiger partial charge in [-0.15, -0.1) is 0 Å². The minimum Gasteiger partial charge on any atom is -0.447 e. The highest BCUT2D eigenvalue weighted by Crippen LogP contribution is 2.26. The lowest BCUT2D eigenvalue weighted by Crippen LogP contribution is -2.12. The molecule has 0 radical (unpaired) electrons. The molecule has 88 valence electrons. The molecule has 1 aromatic carbocycles. The smallest absolute Gasteiger partial charge is 0.211 e.